The Morgan fingerprint density at radius 1 is 1.15 bits per heavy atom. The summed E-state index contributed by atoms with van der Waals surface area (Å²) in [6.07, 6.45) is 2.32. The minimum atomic E-state index is -0.789. The molecule has 226 valence electrons. The number of carbonyl (C=O) groups is 3. The maximum Gasteiger partial charge on any atom is 0.408 e. The number of fused-ring (bicyclic) bond motifs is 4. The number of alkyl carbamates (subject to hydrolysis) is 1. The van der Waals surface area contributed by atoms with Crippen LogP contribution in [0.2, 0.25) is 0 Å². The zero-order valence-electron chi connectivity index (χ0n) is 25.4. The molecule has 0 radical (unpaired) electrons. The SMILES string of the molecule is COc1cccc2c1OC(C)(C)[C@@H]1C[C@H]3CN(C(=O)[C@@H]4CCCN4C(=O)C(C)NC(=O)OC(C)(C)C)CC[C@H]3O[C@@H]21. The summed E-state index contributed by atoms with van der Waals surface area (Å²) in [5, 5.41) is 2.62. The third kappa shape index (κ3) is 5.85. The molecule has 1 unspecified atom stereocenters. The van der Waals surface area contributed by atoms with E-state index in [4.69, 9.17) is 18.9 Å². The fourth-order valence-electron chi connectivity index (χ4n) is 6.95. The normalized spacial score (nSPS) is 29.3. The van der Waals surface area contributed by atoms with Crippen molar-refractivity contribution in [3.8, 4) is 11.5 Å². The van der Waals surface area contributed by atoms with Gasteiger partial charge in [0.25, 0.3) is 0 Å². The van der Waals surface area contributed by atoms with Crippen molar-refractivity contribution in [1.29, 1.82) is 0 Å². The van der Waals surface area contributed by atoms with Gasteiger partial charge in [0.15, 0.2) is 11.5 Å². The number of carbonyl (C=O) groups excluding carboxylic acids is 3. The third-order valence-corrected chi connectivity index (χ3v) is 8.94. The number of hydrogen-bond acceptors (Lipinski definition) is 7. The molecule has 0 spiro atoms. The summed E-state index contributed by atoms with van der Waals surface area (Å²) in [6.45, 7) is 12.8. The van der Waals surface area contributed by atoms with Gasteiger partial charge in [-0.25, -0.2) is 4.79 Å². The number of amides is 3. The predicted octanol–water partition coefficient (Wildman–Crippen LogP) is 4.07. The molecule has 4 aliphatic heterocycles. The molecule has 0 bridgehead atoms. The summed E-state index contributed by atoms with van der Waals surface area (Å²) in [5.74, 6) is 1.50. The number of methoxy groups -OCH3 is 1. The van der Waals surface area contributed by atoms with Crippen molar-refractivity contribution in [3.05, 3.63) is 23.8 Å². The molecule has 10 heteroatoms. The van der Waals surface area contributed by atoms with Crippen molar-refractivity contribution >= 4 is 17.9 Å². The Morgan fingerprint density at radius 2 is 1.90 bits per heavy atom. The highest BCUT2D eigenvalue weighted by molar-refractivity contribution is 5.91. The van der Waals surface area contributed by atoms with Crippen LogP contribution < -0.4 is 14.8 Å². The molecule has 4 heterocycles. The minimum absolute atomic E-state index is 0.0184. The number of likely N-dealkylation sites (tertiary alicyclic amines) is 2. The predicted molar refractivity (Wildman–Crippen MR) is 152 cm³/mol. The molecule has 0 saturated carbocycles. The van der Waals surface area contributed by atoms with E-state index in [1.165, 1.54) is 0 Å². The molecule has 0 aliphatic carbocycles. The number of nitrogens with zero attached hydrogens (tertiary/aromatic N) is 2. The second kappa shape index (κ2) is 11.0. The van der Waals surface area contributed by atoms with E-state index in [2.05, 4.69) is 25.2 Å². The zero-order chi connectivity index (χ0) is 29.7. The van der Waals surface area contributed by atoms with Crippen LogP contribution in [-0.2, 0) is 19.1 Å². The van der Waals surface area contributed by atoms with Gasteiger partial charge < -0.3 is 34.1 Å². The maximum absolute atomic E-state index is 13.8. The molecule has 6 atom stereocenters. The molecule has 4 aliphatic rings. The van der Waals surface area contributed by atoms with Crippen molar-refractivity contribution in [1.82, 2.24) is 15.1 Å². The highest BCUT2D eigenvalue weighted by Gasteiger charge is 2.52. The minimum Gasteiger partial charge on any atom is -0.493 e. The number of benzene rings is 1. The van der Waals surface area contributed by atoms with E-state index in [1.807, 2.05) is 17.0 Å². The van der Waals surface area contributed by atoms with Crippen LogP contribution >= 0.6 is 0 Å². The van der Waals surface area contributed by atoms with Crippen molar-refractivity contribution in [3.63, 3.8) is 0 Å². The lowest BCUT2D eigenvalue weighted by Gasteiger charge is -2.53. The van der Waals surface area contributed by atoms with Crippen LogP contribution in [0.5, 0.6) is 11.5 Å². The summed E-state index contributed by atoms with van der Waals surface area (Å²) in [4.78, 5) is 42.9. The fourth-order valence-corrected chi connectivity index (χ4v) is 6.95. The summed E-state index contributed by atoms with van der Waals surface area (Å²) < 4.78 is 24.2. The smallest absolute Gasteiger partial charge is 0.408 e. The Kier molecular flexibility index (Phi) is 7.91. The molecule has 1 aromatic rings. The summed E-state index contributed by atoms with van der Waals surface area (Å²) in [5.41, 5.74) is -0.0987. The van der Waals surface area contributed by atoms with Gasteiger partial charge >= 0.3 is 6.09 Å². The van der Waals surface area contributed by atoms with E-state index in [-0.39, 0.29) is 35.9 Å². The quantitative estimate of drug-likeness (QED) is 0.581. The number of nitrogens with one attached hydrogen (secondary N) is 1. The second-order valence-electron chi connectivity index (χ2n) is 13.4. The average molecular weight is 572 g/mol. The zero-order valence-corrected chi connectivity index (χ0v) is 25.4. The first-order valence-corrected chi connectivity index (χ1v) is 14.9. The van der Waals surface area contributed by atoms with Crippen LogP contribution in [0.25, 0.3) is 0 Å². The van der Waals surface area contributed by atoms with Crippen molar-refractivity contribution < 1.29 is 33.3 Å². The summed E-state index contributed by atoms with van der Waals surface area (Å²) in [6, 6.07) is 4.64. The molecule has 3 amide bonds. The van der Waals surface area contributed by atoms with E-state index < -0.39 is 29.4 Å². The number of piperidine rings is 1. The first-order valence-electron chi connectivity index (χ1n) is 14.9. The Hall–Kier alpha value is -3.01. The van der Waals surface area contributed by atoms with E-state index in [9.17, 15) is 14.4 Å². The van der Waals surface area contributed by atoms with Gasteiger partial charge in [0, 0.05) is 37.0 Å². The molecular weight excluding hydrogens is 526 g/mol. The first kappa shape index (κ1) is 29.5. The second-order valence-corrected chi connectivity index (χ2v) is 13.4. The third-order valence-electron chi connectivity index (χ3n) is 8.94. The van der Waals surface area contributed by atoms with Gasteiger partial charge in [-0.3, -0.25) is 9.59 Å². The highest BCUT2D eigenvalue weighted by Crippen LogP contribution is 2.55. The molecule has 5 rings (SSSR count). The van der Waals surface area contributed by atoms with Gasteiger partial charge in [-0.05, 0) is 73.3 Å². The number of hydrogen-bond donors (Lipinski definition) is 1. The van der Waals surface area contributed by atoms with Gasteiger partial charge in [-0.15, -0.1) is 0 Å². The fraction of sp³-hybridized carbons (Fsp3) is 0.710. The van der Waals surface area contributed by atoms with Crippen LogP contribution in [0, 0.1) is 11.8 Å². The Labute approximate surface area is 243 Å². The first-order chi connectivity index (χ1) is 19.3. The molecule has 10 nitrogen and oxygen atoms in total. The van der Waals surface area contributed by atoms with Crippen LogP contribution in [-0.4, -0.2) is 83.8 Å². The lowest BCUT2D eigenvalue weighted by Crippen LogP contribution is -2.58. The van der Waals surface area contributed by atoms with Crippen LogP contribution in [0.15, 0.2) is 18.2 Å². The maximum atomic E-state index is 13.8. The van der Waals surface area contributed by atoms with E-state index in [1.54, 1.807) is 39.7 Å². The molecule has 1 aromatic carbocycles. The van der Waals surface area contributed by atoms with Crippen LogP contribution in [0.4, 0.5) is 4.79 Å². The van der Waals surface area contributed by atoms with Crippen LogP contribution in [0.3, 0.4) is 0 Å². The van der Waals surface area contributed by atoms with E-state index in [0.29, 0.717) is 31.8 Å². The van der Waals surface area contributed by atoms with Gasteiger partial charge in [0.05, 0.1) is 19.3 Å². The topological polar surface area (TPSA) is 107 Å². The Balaban J connectivity index is 1.25. The molecule has 3 saturated heterocycles. The monoisotopic (exact) mass is 571 g/mol. The van der Waals surface area contributed by atoms with Gasteiger partial charge in [0.2, 0.25) is 11.8 Å². The molecule has 3 fully saturated rings. The molecule has 1 N–H and O–H groups in total. The Bertz CT molecular complexity index is 1180. The number of rotatable bonds is 4. The molecule has 41 heavy (non-hydrogen) atoms. The number of ether oxygens (including phenoxy) is 4. The van der Waals surface area contributed by atoms with Crippen molar-refractivity contribution in [2.45, 2.75) is 103 Å². The lowest BCUT2D eigenvalue weighted by atomic mass is 9.70. The largest absolute Gasteiger partial charge is 0.493 e. The summed E-state index contributed by atoms with van der Waals surface area (Å²) >= 11 is 0. The number of para-hydroxylation sites is 1. The summed E-state index contributed by atoms with van der Waals surface area (Å²) in [7, 11) is 1.65. The average Bonchev–Trinajstić information content (AvgIpc) is 3.39. The highest BCUT2D eigenvalue weighted by atomic mass is 16.6. The van der Waals surface area contributed by atoms with Crippen molar-refractivity contribution in [2.75, 3.05) is 26.7 Å². The van der Waals surface area contributed by atoms with Crippen molar-refractivity contribution in [2.24, 2.45) is 11.8 Å². The van der Waals surface area contributed by atoms with E-state index in [0.717, 1.165) is 30.6 Å². The van der Waals surface area contributed by atoms with Gasteiger partial charge in [-0.1, -0.05) is 12.1 Å². The Morgan fingerprint density at radius 3 is 2.61 bits per heavy atom. The molecule has 0 aromatic heterocycles. The lowest BCUT2D eigenvalue weighted by molar-refractivity contribution is -0.190. The standard InChI is InChI=1S/C31H45N3O7/c1-18(32-29(37)41-30(2,3)4)27(35)34-14-9-11-22(34)28(36)33-15-13-23-19(17-33)16-21-25(39-23)20-10-8-12-24(38-7)26(20)40-31(21,5)6/h8,10,12,18-19,21-23,25H,9,11,13-17H2,1-7H3,(H,32,37)/t18?,19-,21+,22-,23+,25-/m0/s1. The van der Waals surface area contributed by atoms with Gasteiger partial charge in [-0.2, -0.15) is 0 Å². The van der Waals surface area contributed by atoms with Crippen LogP contribution in [0.1, 0.15) is 78.9 Å². The van der Waals surface area contributed by atoms with E-state index >= 15 is 0 Å². The molecular formula is C31H45N3O7. The van der Waals surface area contributed by atoms with Gasteiger partial charge in [0.1, 0.15) is 23.3 Å².